The largest absolute Gasteiger partial charge is 0.452 e. The fourth-order valence-electron chi connectivity index (χ4n) is 3.62. The fraction of sp³-hybridized carbons (Fsp3) is 0.304. The average Bonchev–Trinajstić information content (AvgIpc) is 3.31. The molecule has 1 aliphatic heterocycles. The maximum atomic E-state index is 13.5. The summed E-state index contributed by atoms with van der Waals surface area (Å²) in [5.74, 6) is -2.20. The van der Waals surface area contributed by atoms with Gasteiger partial charge in [-0.15, -0.1) is 0 Å². The third kappa shape index (κ3) is 5.36. The van der Waals surface area contributed by atoms with Crippen molar-refractivity contribution in [3.8, 4) is 11.5 Å². The number of halogens is 3. The molecule has 3 aromatic rings. The molecule has 1 N–H and O–H groups in total. The van der Waals surface area contributed by atoms with Gasteiger partial charge in [-0.1, -0.05) is 18.2 Å². The van der Waals surface area contributed by atoms with Gasteiger partial charge >= 0.3 is 12.2 Å². The van der Waals surface area contributed by atoms with E-state index in [2.05, 4.69) is 15.3 Å². The maximum absolute atomic E-state index is 13.5. The molecule has 0 bridgehead atoms. The number of anilines is 2. The molecule has 1 aromatic carbocycles. The summed E-state index contributed by atoms with van der Waals surface area (Å²) in [4.78, 5) is 38.1. The number of benzene rings is 1. The quantitative estimate of drug-likeness (QED) is 0.600. The molecule has 0 aliphatic carbocycles. The molecule has 35 heavy (non-hydrogen) atoms. The van der Waals surface area contributed by atoms with Gasteiger partial charge in [0.25, 0.3) is 5.91 Å². The van der Waals surface area contributed by atoms with Crippen molar-refractivity contribution in [2.24, 2.45) is 0 Å². The van der Waals surface area contributed by atoms with Gasteiger partial charge in [-0.3, -0.25) is 4.79 Å². The Bertz CT molecular complexity index is 1190. The Morgan fingerprint density at radius 3 is 2.29 bits per heavy atom. The second-order valence-electron chi connectivity index (χ2n) is 8.07. The normalized spacial score (nSPS) is 14.1. The van der Waals surface area contributed by atoms with Gasteiger partial charge in [0, 0.05) is 45.8 Å². The Labute approximate surface area is 199 Å². The van der Waals surface area contributed by atoms with Crippen molar-refractivity contribution in [1.82, 2.24) is 19.8 Å². The number of hydrogen-bond donors (Lipinski definition) is 1. The number of pyridine rings is 1. The number of nitrogens with zero attached hydrogens (tertiary/aromatic N) is 5. The Morgan fingerprint density at radius 2 is 1.71 bits per heavy atom. The molecule has 184 valence electrons. The lowest BCUT2D eigenvalue weighted by molar-refractivity contribution is -0.153. The van der Waals surface area contributed by atoms with Crippen LogP contribution in [-0.4, -0.2) is 72.0 Å². The third-order valence-corrected chi connectivity index (χ3v) is 5.38. The smallest absolute Gasteiger partial charge is 0.431 e. The zero-order valence-corrected chi connectivity index (χ0v) is 19.0. The predicted molar refractivity (Wildman–Crippen MR) is 122 cm³/mol. The summed E-state index contributed by atoms with van der Waals surface area (Å²) in [7, 11) is 3.39. The van der Waals surface area contributed by atoms with E-state index in [4.69, 9.17) is 4.42 Å². The number of carbonyl (C=O) groups is 2. The van der Waals surface area contributed by atoms with Gasteiger partial charge in [-0.25, -0.2) is 14.8 Å². The molecular formula is C23H23F3N6O3. The summed E-state index contributed by atoms with van der Waals surface area (Å²) < 4.78 is 45.4. The highest BCUT2D eigenvalue weighted by atomic mass is 19.4. The molecule has 0 atom stereocenters. The minimum absolute atomic E-state index is 0.0582. The van der Waals surface area contributed by atoms with Gasteiger partial charge in [-0.05, 0) is 24.3 Å². The first-order valence-corrected chi connectivity index (χ1v) is 10.8. The van der Waals surface area contributed by atoms with Gasteiger partial charge < -0.3 is 24.4 Å². The maximum Gasteiger partial charge on any atom is 0.452 e. The van der Waals surface area contributed by atoms with E-state index in [0.29, 0.717) is 37.6 Å². The van der Waals surface area contributed by atoms with Crippen LogP contribution in [-0.2, 0) is 6.18 Å². The molecular weight excluding hydrogens is 465 g/mol. The second-order valence-corrected chi connectivity index (χ2v) is 8.07. The Morgan fingerprint density at radius 1 is 1.03 bits per heavy atom. The van der Waals surface area contributed by atoms with Crippen LogP contribution in [0.4, 0.5) is 29.5 Å². The van der Waals surface area contributed by atoms with E-state index < -0.39 is 23.5 Å². The van der Waals surface area contributed by atoms with E-state index in [9.17, 15) is 22.8 Å². The minimum Gasteiger partial charge on any atom is -0.431 e. The lowest BCUT2D eigenvalue weighted by Crippen LogP contribution is -2.51. The van der Waals surface area contributed by atoms with Crippen molar-refractivity contribution in [2.45, 2.75) is 6.18 Å². The fourth-order valence-corrected chi connectivity index (χ4v) is 3.62. The summed E-state index contributed by atoms with van der Waals surface area (Å²) in [6, 6.07) is 11.2. The van der Waals surface area contributed by atoms with Crippen LogP contribution in [0.5, 0.6) is 0 Å². The monoisotopic (exact) mass is 488 g/mol. The molecule has 1 aliphatic rings. The predicted octanol–water partition coefficient (Wildman–Crippen LogP) is 3.81. The number of piperazine rings is 1. The summed E-state index contributed by atoms with van der Waals surface area (Å²) in [6.45, 7) is 2.23. The van der Waals surface area contributed by atoms with E-state index in [0.717, 1.165) is 0 Å². The summed E-state index contributed by atoms with van der Waals surface area (Å²) in [5.41, 5.74) is -0.338. The molecule has 12 heteroatoms. The number of oxazole rings is 1. The average molecular weight is 488 g/mol. The molecule has 2 aromatic heterocycles. The zero-order valence-electron chi connectivity index (χ0n) is 19.0. The first-order valence-electron chi connectivity index (χ1n) is 10.8. The number of nitrogens with one attached hydrogen (secondary N) is 1. The van der Waals surface area contributed by atoms with E-state index in [1.807, 2.05) is 4.90 Å². The van der Waals surface area contributed by atoms with Crippen molar-refractivity contribution < 1.29 is 27.2 Å². The molecule has 3 heterocycles. The SMILES string of the molecule is CN(C)C(=O)N1CCN(c2ccc(NC(=O)c3nc(-c4ccccc4)oc3C(F)(F)F)cn2)CC1. The Kier molecular flexibility index (Phi) is 6.63. The van der Waals surface area contributed by atoms with E-state index in [1.54, 1.807) is 49.3 Å². The molecule has 0 saturated carbocycles. The van der Waals surface area contributed by atoms with Gasteiger partial charge in [0.15, 0.2) is 5.69 Å². The van der Waals surface area contributed by atoms with Crippen molar-refractivity contribution in [1.29, 1.82) is 0 Å². The number of carbonyl (C=O) groups excluding carboxylic acids is 2. The third-order valence-electron chi connectivity index (χ3n) is 5.38. The highest BCUT2D eigenvalue weighted by Crippen LogP contribution is 2.35. The van der Waals surface area contributed by atoms with E-state index in [1.165, 1.54) is 23.2 Å². The topological polar surface area (TPSA) is 94.8 Å². The number of hydrogen-bond acceptors (Lipinski definition) is 6. The molecule has 3 amide bonds. The molecule has 1 saturated heterocycles. The van der Waals surface area contributed by atoms with Crippen LogP contribution in [0.2, 0.25) is 0 Å². The van der Waals surface area contributed by atoms with Crippen molar-refractivity contribution in [3.63, 3.8) is 0 Å². The minimum atomic E-state index is -4.90. The van der Waals surface area contributed by atoms with E-state index in [-0.39, 0.29) is 17.6 Å². The van der Waals surface area contributed by atoms with Crippen molar-refractivity contribution in [3.05, 3.63) is 60.1 Å². The van der Waals surface area contributed by atoms with Crippen molar-refractivity contribution in [2.75, 3.05) is 50.5 Å². The van der Waals surface area contributed by atoms with Crippen LogP contribution >= 0.6 is 0 Å². The number of amides is 3. The van der Waals surface area contributed by atoms with Crippen LogP contribution in [0.25, 0.3) is 11.5 Å². The van der Waals surface area contributed by atoms with Gasteiger partial charge in [0.05, 0.1) is 11.9 Å². The lowest BCUT2D eigenvalue weighted by atomic mass is 10.2. The van der Waals surface area contributed by atoms with Crippen LogP contribution in [0.15, 0.2) is 53.1 Å². The van der Waals surface area contributed by atoms with Crippen LogP contribution in [0.3, 0.4) is 0 Å². The standard InChI is InChI=1S/C23H23F3N6O3/c1-30(2)22(34)32-12-10-31(11-13-32)17-9-8-16(14-27-17)28-20(33)18-19(23(24,25)26)35-21(29-18)15-6-4-3-5-7-15/h3-9,14H,10-13H2,1-2H3,(H,28,33). The number of urea groups is 1. The first-order chi connectivity index (χ1) is 16.6. The van der Waals surface area contributed by atoms with Crippen molar-refractivity contribution >= 4 is 23.4 Å². The van der Waals surface area contributed by atoms with Gasteiger partial charge in [0.1, 0.15) is 5.82 Å². The summed E-state index contributed by atoms with van der Waals surface area (Å²) in [6.07, 6.45) is -3.54. The van der Waals surface area contributed by atoms with Crippen LogP contribution in [0, 0.1) is 0 Å². The molecule has 0 unspecified atom stereocenters. The summed E-state index contributed by atoms with van der Waals surface area (Å²) in [5, 5.41) is 2.40. The lowest BCUT2D eigenvalue weighted by Gasteiger charge is -2.36. The molecule has 0 spiro atoms. The van der Waals surface area contributed by atoms with Gasteiger partial charge in [0.2, 0.25) is 11.7 Å². The molecule has 0 radical (unpaired) electrons. The molecule has 9 nitrogen and oxygen atoms in total. The van der Waals surface area contributed by atoms with Crippen LogP contribution in [0.1, 0.15) is 16.2 Å². The van der Waals surface area contributed by atoms with E-state index >= 15 is 0 Å². The highest BCUT2D eigenvalue weighted by Gasteiger charge is 2.42. The number of aromatic nitrogens is 2. The van der Waals surface area contributed by atoms with Gasteiger partial charge in [-0.2, -0.15) is 13.2 Å². The molecule has 1 fully saturated rings. The first kappa shape index (κ1) is 24.0. The molecule has 4 rings (SSSR count). The zero-order chi connectivity index (χ0) is 25.2. The highest BCUT2D eigenvalue weighted by molar-refractivity contribution is 6.04. The second kappa shape index (κ2) is 9.65. The number of rotatable bonds is 4. The summed E-state index contributed by atoms with van der Waals surface area (Å²) >= 11 is 0. The Balaban J connectivity index is 1.45. The Hall–Kier alpha value is -4.09. The van der Waals surface area contributed by atoms with Crippen LogP contribution < -0.4 is 10.2 Å². The number of alkyl halides is 3.